The fourth-order valence-electron chi connectivity index (χ4n) is 5.39. The Morgan fingerprint density at radius 2 is 0.722 bits per heavy atom. The molecule has 0 unspecified atom stereocenters. The van der Waals surface area contributed by atoms with Crippen LogP contribution in [-0.2, 0) is 0 Å². The summed E-state index contributed by atoms with van der Waals surface area (Å²) >= 11 is 0. The Bertz CT molecular complexity index is 1780. The summed E-state index contributed by atoms with van der Waals surface area (Å²) in [4.78, 5) is 4.22. The van der Waals surface area contributed by atoms with Gasteiger partial charge in [0.15, 0.2) is 0 Å². The molecule has 0 saturated heterocycles. The molecule has 0 fully saturated rings. The van der Waals surface area contributed by atoms with E-state index in [0.29, 0.717) is 0 Å². The summed E-state index contributed by atoms with van der Waals surface area (Å²) in [7, 11) is 0. The highest BCUT2D eigenvalue weighted by molar-refractivity contribution is 6.25. The van der Waals surface area contributed by atoms with Crippen LogP contribution in [0.15, 0.2) is 140 Å². The number of aromatic nitrogens is 1. The van der Waals surface area contributed by atoms with Crippen LogP contribution in [0, 0.1) is 0 Å². The van der Waals surface area contributed by atoms with Gasteiger partial charge in [-0.2, -0.15) is 0 Å². The van der Waals surface area contributed by atoms with E-state index in [0.717, 1.165) is 0 Å². The predicted octanol–water partition coefficient (Wildman–Crippen LogP) is 9.54. The number of hydrogen-bond donors (Lipinski definition) is 0. The molecule has 0 atom stereocenters. The molecule has 0 saturated carbocycles. The number of rotatable bonds is 3. The van der Waals surface area contributed by atoms with Gasteiger partial charge in [0.2, 0.25) is 0 Å². The number of fused-ring (bicyclic) bond motifs is 6. The molecule has 0 spiro atoms. The van der Waals surface area contributed by atoms with Crippen molar-refractivity contribution in [2.24, 2.45) is 0 Å². The molecule has 1 aromatic heterocycles. The first-order valence-electron chi connectivity index (χ1n) is 12.3. The molecule has 6 aromatic carbocycles. The largest absolute Gasteiger partial charge is 0.265 e. The van der Waals surface area contributed by atoms with Gasteiger partial charge in [-0.1, -0.05) is 91.0 Å². The molecule has 36 heavy (non-hydrogen) atoms. The number of pyridine rings is 1. The second kappa shape index (κ2) is 8.48. The Hall–Kier alpha value is -4.75. The smallest absolute Gasteiger partial charge is 0.0273 e. The molecule has 0 aliphatic carbocycles. The van der Waals surface area contributed by atoms with Crippen LogP contribution < -0.4 is 0 Å². The molecule has 1 heterocycles. The molecule has 168 valence electrons. The van der Waals surface area contributed by atoms with Crippen LogP contribution in [0.5, 0.6) is 0 Å². The number of hydrogen-bond acceptors (Lipinski definition) is 1. The minimum atomic E-state index is 1.17. The van der Waals surface area contributed by atoms with E-state index in [1.54, 1.807) is 0 Å². The van der Waals surface area contributed by atoms with Crippen LogP contribution in [0.1, 0.15) is 0 Å². The minimum Gasteiger partial charge on any atom is -0.265 e. The zero-order valence-corrected chi connectivity index (χ0v) is 19.7. The van der Waals surface area contributed by atoms with Gasteiger partial charge >= 0.3 is 0 Å². The van der Waals surface area contributed by atoms with E-state index in [9.17, 15) is 0 Å². The average molecular weight is 458 g/mol. The highest BCUT2D eigenvalue weighted by Gasteiger charge is 2.11. The van der Waals surface area contributed by atoms with Crippen LogP contribution in [0.3, 0.4) is 0 Å². The number of benzene rings is 6. The van der Waals surface area contributed by atoms with Gasteiger partial charge < -0.3 is 0 Å². The summed E-state index contributed by atoms with van der Waals surface area (Å²) in [6.07, 6.45) is 3.72. The quantitative estimate of drug-likeness (QED) is 0.241. The van der Waals surface area contributed by atoms with E-state index in [1.165, 1.54) is 65.7 Å². The van der Waals surface area contributed by atoms with Crippen molar-refractivity contribution >= 4 is 32.3 Å². The lowest BCUT2D eigenvalue weighted by Crippen LogP contribution is -1.88. The molecule has 0 N–H and O–H groups in total. The topological polar surface area (TPSA) is 12.9 Å². The standard InChI is InChI=1S/C35H23N/c1-2-8-24(9-3-1)27-20-28(25-16-18-36-19-17-25)22-29(21-27)26-14-15-34-32-12-5-4-10-30(32)31-11-6-7-13-33(31)35(34)23-26/h1-23H. The van der Waals surface area contributed by atoms with Gasteiger partial charge in [0.05, 0.1) is 0 Å². The summed E-state index contributed by atoms with van der Waals surface area (Å²) in [5.74, 6) is 0. The summed E-state index contributed by atoms with van der Waals surface area (Å²) in [6, 6.07) is 46.1. The fourth-order valence-corrected chi connectivity index (χ4v) is 5.39. The van der Waals surface area contributed by atoms with Crippen LogP contribution in [0.4, 0.5) is 0 Å². The van der Waals surface area contributed by atoms with Gasteiger partial charge in [-0.3, -0.25) is 4.98 Å². The zero-order valence-electron chi connectivity index (χ0n) is 19.7. The maximum absolute atomic E-state index is 4.22. The van der Waals surface area contributed by atoms with Crippen LogP contribution in [0.25, 0.3) is 65.7 Å². The monoisotopic (exact) mass is 457 g/mol. The first-order chi connectivity index (χ1) is 17.8. The molecule has 0 aliphatic heterocycles. The highest BCUT2D eigenvalue weighted by atomic mass is 14.6. The fraction of sp³-hybridized carbons (Fsp3) is 0. The van der Waals surface area contributed by atoms with Crippen molar-refractivity contribution in [2.45, 2.75) is 0 Å². The van der Waals surface area contributed by atoms with E-state index >= 15 is 0 Å². The van der Waals surface area contributed by atoms with E-state index < -0.39 is 0 Å². The van der Waals surface area contributed by atoms with Gasteiger partial charge in [0, 0.05) is 12.4 Å². The van der Waals surface area contributed by atoms with Crippen LogP contribution >= 0.6 is 0 Å². The SMILES string of the molecule is c1ccc(-c2cc(-c3ccncc3)cc(-c3ccc4c5ccccc5c5ccccc5c4c3)c2)cc1. The molecule has 0 amide bonds. The molecule has 0 bridgehead atoms. The first kappa shape index (κ1) is 20.6. The van der Waals surface area contributed by atoms with Crippen molar-refractivity contribution in [3.05, 3.63) is 140 Å². The molecular formula is C35H23N. The third-order valence-corrected chi connectivity index (χ3v) is 7.13. The molecular weight excluding hydrogens is 434 g/mol. The Kier molecular flexibility index (Phi) is 4.85. The van der Waals surface area contributed by atoms with Gasteiger partial charge in [-0.25, -0.2) is 0 Å². The Morgan fingerprint density at radius 1 is 0.278 bits per heavy atom. The molecule has 7 aromatic rings. The third kappa shape index (κ3) is 3.45. The van der Waals surface area contributed by atoms with Gasteiger partial charge in [0.25, 0.3) is 0 Å². The van der Waals surface area contributed by atoms with Gasteiger partial charge in [0.1, 0.15) is 0 Å². The summed E-state index contributed by atoms with van der Waals surface area (Å²) in [6.45, 7) is 0. The molecule has 0 radical (unpaired) electrons. The van der Waals surface area contributed by atoms with Crippen molar-refractivity contribution in [3.8, 4) is 33.4 Å². The molecule has 0 aliphatic rings. The lowest BCUT2D eigenvalue weighted by Gasteiger charge is -2.14. The molecule has 7 rings (SSSR count). The maximum atomic E-state index is 4.22. The van der Waals surface area contributed by atoms with Gasteiger partial charge in [-0.15, -0.1) is 0 Å². The molecule has 1 nitrogen and oxygen atoms in total. The predicted molar refractivity (Wildman–Crippen MR) is 153 cm³/mol. The van der Waals surface area contributed by atoms with Crippen molar-refractivity contribution in [2.75, 3.05) is 0 Å². The Morgan fingerprint density at radius 3 is 1.31 bits per heavy atom. The lowest BCUT2D eigenvalue weighted by molar-refractivity contribution is 1.33. The van der Waals surface area contributed by atoms with Crippen molar-refractivity contribution in [3.63, 3.8) is 0 Å². The third-order valence-electron chi connectivity index (χ3n) is 7.13. The number of nitrogens with zero attached hydrogens (tertiary/aromatic N) is 1. The van der Waals surface area contributed by atoms with E-state index in [4.69, 9.17) is 0 Å². The van der Waals surface area contributed by atoms with Crippen molar-refractivity contribution in [1.29, 1.82) is 0 Å². The van der Waals surface area contributed by atoms with Crippen molar-refractivity contribution < 1.29 is 0 Å². The zero-order chi connectivity index (χ0) is 23.9. The van der Waals surface area contributed by atoms with E-state index in [2.05, 4.69) is 132 Å². The van der Waals surface area contributed by atoms with Crippen LogP contribution in [0.2, 0.25) is 0 Å². The van der Waals surface area contributed by atoms with E-state index in [-0.39, 0.29) is 0 Å². The van der Waals surface area contributed by atoms with Crippen molar-refractivity contribution in [1.82, 2.24) is 4.98 Å². The second-order valence-corrected chi connectivity index (χ2v) is 9.25. The van der Waals surface area contributed by atoms with Crippen LogP contribution in [-0.4, -0.2) is 4.98 Å². The lowest BCUT2D eigenvalue weighted by atomic mass is 9.90. The Labute approximate surface area is 210 Å². The highest BCUT2D eigenvalue weighted by Crippen LogP contribution is 2.38. The normalized spacial score (nSPS) is 11.3. The second-order valence-electron chi connectivity index (χ2n) is 9.25. The summed E-state index contributed by atoms with van der Waals surface area (Å²) in [5.41, 5.74) is 7.21. The Balaban J connectivity index is 1.51. The summed E-state index contributed by atoms with van der Waals surface area (Å²) in [5, 5.41) is 7.78. The first-order valence-corrected chi connectivity index (χ1v) is 12.3. The maximum Gasteiger partial charge on any atom is 0.0273 e. The minimum absolute atomic E-state index is 1.17. The van der Waals surface area contributed by atoms with Gasteiger partial charge in [-0.05, 0) is 102 Å². The average Bonchev–Trinajstić information content (AvgIpc) is 2.98. The van der Waals surface area contributed by atoms with E-state index in [1.807, 2.05) is 12.4 Å². The molecule has 1 heteroatoms. The summed E-state index contributed by atoms with van der Waals surface area (Å²) < 4.78 is 0.